The molecular formula is C10H10N2O3. The number of aromatic nitrogens is 2. The molecule has 2 aromatic rings. The van der Waals surface area contributed by atoms with Gasteiger partial charge in [0.15, 0.2) is 0 Å². The molecule has 5 nitrogen and oxygen atoms in total. The van der Waals surface area contributed by atoms with Crippen molar-refractivity contribution in [2.75, 3.05) is 0 Å². The van der Waals surface area contributed by atoms with Gasteiger partial charge in [-0.3, -0.25) is 9.48 Å². The number of hydrogen-bond donors (Lipinski definition) is 2. The van der Waals surface area contributed by atoms with Gasteiger partial charge in [0.05, 0.1) is 18.5 Å². The van der Waals surface area contributed by atoms with E-state index in [2.05, 4.69) is 5.10 Å². The minimum Gasteiger partial charge on any atom is -0.508 e. The molecule has 0 unspecified atom stereocenters. The van der Waals surface area contributed by atoms with Crippen LogP contribution in [0, 0.1) is 0 Å². The van der Waals surface area contributed by atoms with Crippen molar-refractivity contribution in [2.24, 2.45) is 0 Å². The summed E-state index contributed by atoms with van der Waals surface area (Å²) in [6.07, 6.45) is 1.80. The molecule has 5 heteroatoms. The van der Waals surface area contributed by atoms with Crippen molar-refractivity contribution in [3.05, 3.63) is 24.4 Å². The van der Waals surface area contributed by atoms with Crippen molar-refractivity contribution in [2.45, 2.75) is 13.0 Å². The highest BCUT2D eigenvalue weighted by atomic mass is 16.4. The van der Waals surface area contributed by atoms with Crippen LogP contribution >= 0.6 is 0 Å². The fourth-order valence-electron chi connectivity index (χ4n) is 1.38. The van der Waals surface area contributed by atoms with Crippen LogP contribution in [0.3, 0.4) is 0 Å². The molecule has 0 spiro atoms. The maximum atomic E-state index is 10.4. The number of aliphatic carboxylic acids is 1. The van der Waals surface area contributed by atoms with E-state index in [1.165, 1.54) is 0 Å². The second kappa shape index (κ2) is 3.61. The van der Waals surface area contributed by atoms with E-state index < -0.39 is 5.97 Å². The molecule has 1 heterocycles. The molecule has 15 heavy (non-hydrogen) atoms. The normalized spacial score (nSPS) is 10.7. The van der Waals surface area contributed by atoms with Crippen LogP contribution in [0.1, 0.15) is 6.42 Å². The Kier molecular flexibility index (Phi) is 2.29. The van der Waals surface area contributed by atoms with Crippen LogP contribution in [0.25, 0.3) is 10.9 Å². The summed E-state index contributed by atoms with van der Waals surface area (Å²) in [5.74, 6) is -0.691. The topological polar surface area (TPSA) is 75.3 Å². The molecule has 1 aromatic carbocycles. The summed E-state index contributed by atoms with van der Waals surface area (Å²) < 4.78 is 1.57. The molecule has 0 aliphatic carbocycles. The molecule has 0 aliphatic rings. The molecule has 0 amide bonds. The second-order valence-corrected chi connectivity index (χ2v) is 3.28. The van der Waals surface area contributed by atoms with Gasteiger partial charge in [-0.1, -0.05) is 0 Å². The van der Waals surface area contributed by atoms with Gasteiger partial charge in [-0.2, -0.15) is 5.10 Å². The zero-order valence-electron chi connectivity index (χ0n) is 7.92. The zero-order chi connectivity index (χ0) is 10.8. The van der Waals surface area contributed by atoms with Crippen LogP contribution in [0.5, 0.6) is 5.75 Å². The van der Waals surface area contributed by atoms with Crippen molar-refractivity contribution < 1.29 is 15.0 Å². The minimum atomic E-state index is -0.850. The number of carbonyl (C=O) groups is 1. The first-order valence-corrected chi connectivity index (χ1v) is 4.53. The lowest BCUT2D eigenvalue weighted by atomic mass is 10.2. The molecule has 2 rings (SSSR count). The van der Waals surface area contributed by atoms with Crippen molar-refractivity contribution in [1.82, 2.24) is 9.78 Å². The lowest BCUT2D eigenvalue weighted by Gasteiger charge is -1.95. The quantitative estimate of drug-likeness (QED) is 0.791. The lowest BCUT2D eigenvalue weighted by Crippen LogP contribution is -2.04. The summed E-state index contributed by atoms with van der Waals surface area (Å²) in [6.45, 7) is 0.338. The summed E-state index contributed by atoms with van der Waals surface area (Å²) in [4.78, 5) is 10.4. The molecule has 0 fully saturated rings. The molecule has 2 N–H and O–H groups in total. The maximum Gasteiger partial charge on any atom is 0.305 e. The number of benzene rings is 1. The summed E-state index contributed by atoms with van der Waals surface area (Å²) >= 11 is 0. The maximum absolute atomic E-state index is 10.4. The summed E-state index contributed by atoms with van der Waals surface area (Å²) in [7, 11) is 0. The number of carboxylic acid groups (broad SMARTS) is 1. The number of nitrogens with zero attached hydrogens (tertiary/aromatic N) is 2. The van der Waals surface area contributed by atoms with Gasteiger partial charge in [0, 0.05) is 17.6 Å². The lowest BCUT2D eigenvalue weighted by molar-refractivity contribution is -0.137. The van der Waals surface area contributed by atoms with Crippen LogP contribution in [0.15, 0.2) is 24.4 Å². The Morgan fingerprint density at radius 3 is 3.00 bits per heavy atom. The van der Waals surface area contributed by atoms with Gasteiger partial charge in [0.2, 0.25) is 0 Å². The first kappa shape index (κ1) is 9.51. The highest BCUT2D eigenvalue weighted by Crippen LogP contribution is 2.18. The minimum absolute atomic E-state index is 0.0416. The van der Waals surface area contributed by atoms with Crippen LogP contribution in [-0.2, 0) is 11.3 Å². The molecular weight excluding hydrogens is 196 g/mol. The molecule has 0 bridgehead atoms. The Balaban J connectivity index is 2.27. The average Bonchev–Trinajstić information content (AvgIpc) is 2.56. The molecule has 1 aromatic heterocycles. The number of fused-ring (bicyclic) bond motifs is 1. The number of rotatable bonds is 3. The third-order valence-corrected chi connectivity index (χ3v) is 2.09. The number of carboxylic acids is 1. The number of hydrogen-bond acceptors (Lipinski definition) is 3. The van der Waals surface area contributed by atoms with Crippen LogP contribution < -0.4 is 0 Å². The summed E-state index contributed by atoms with van der Waals surface area (Å²) in [6, 6.07) is 4.87. The van der Waals surface area contributed by atoms with Crippen molar-refractivity contribution in [3.8, 4) is 5.75 Å². The Bertz CT molecular complexity index is 504. The molecule has 0 atom stereocenters. The third-order valence-electron chi connectivity index (χ3n) is 2.09. The van der Waals surface area contributed by atoms with Gasteiger partial charge in [-0.25, -0.2) is 0 Å². The highest BCUT2D eigenvalue weighted by molar-refractivity contribution is 5.79. The van der Waals surface area contributed by atoms with E-state index in [0.717, 1.165) is 5.39 Å². The second-order valence-electron chi connectivity index (χ2n) is 3.28. The molecule has 0 radical (unpaired) electrons. The van der Waals surface area contributed by atoms with Crippen LogP contribution in [0.2, 0.25) is 0 Å². The first-order chi connectivity index (χ1) is 7.15. The van der Waals surface area contributed by atoms with E-state index in [4.69, 9.17) is 5.11 Å². The fourth-order valence-corrected chi connectivity index (χ4v) is 1.38. The third kappa shape index (κ3) is 2.07. The summed E-state index contributed by atoms with van der Waals surface area (Å²) in [5.41, 5.74) is 0.667. The molecule has 0 saturated heterocycles. The van der Waals surface area contributed by atoms with E-state index in [1.54, 1.807) is 29.1 Å². The number of aryl methyl sites for hydroxylation is 1. The van der Waals surface area contributed by atoms with Crippen molar-refractivity contribution >= 4 is 16.9 Å². The predicted molar refractivity (Wildman–Crippen MR) is 53.7 cm³/mol. The highest BCUT2D eigenvalue weighted by Gasteiger charge is 2.03. The van der Waals surface area contributed by atoms with Crippen molar-refractivity contribution in [1.29, 1.82) is 0 Å². The van der Waals surface area contributed by atoms with Gasteiger partial charge in [0.1, 0.15) is 5.75 Å². The van der Waals surface area contributed by atoms with E-state index >= 15 is 0 Å². The van der Waals surface area contributed by atoms with Crippen molar-refractivity contribution in [3.63, 3.8) is 0 Å². The van der Waals surface area contributed by atoms with Gasteiger partial charge in [0.25, 0.3) is 0 Å². The largest absolute Gasteiger partial charge is 0.508 e. The van der Waals surface area contributed by atoms with Gasteiger partial charge < -0.3 is 10.2 Å². The zero-order valence-corrected chi connectivity index (χ0v) is 7.92. The monoisotopic (exact) mass is 206 g/mol. The van der Waals surface area contributed by atoms with Crippen LogP contribution in [-0.4, -0.2) is 26.0 Å². The summed E-state index contributed by atoms with van der Waals surface area (Å²) in [5, 5.41) is 22.8. The first-order valence-electron chi connectivity index (χ1n) is 4.53. The number of phenols is 1. The fraction of sp³-hybridized carbons (Fsp3) is 0.200. The average molecular weight is 206 g/mol. The Morgan fingerprint density at radius 2 is 2.27 bits per heavy atom. The Labute approximate surface area is 85.6 Å². The molecule has 0 saturated carbocycles. The van der Waals surface area contributed by atoms with Gasteiger partial charge in [-0.05, 0) is 12.1 Å². The molecule has 0 aliphatic heterocycles. The van der Waals surface area contributed by atoms with Gasteiger partial charge >= 0.3 is 5.97 Å². The number of phenolic OH excluding ortho intramolecular Hbond substituents is 1. The Morgan fingerprint density at radius 1 is 1.47 bits per heavy atom. The standard InChI is InChI=1S/C10H10N2O3/c13-8-2-1-7-6-12(4-3-10(14)15)11-9(7)5-8/h1-2,5-6,13H,3-4H2,(H,14,15). The van der Waals surface area contributed by atoms with E-state index in [-0.39, 0.29) is 12.2 Å². The Hall–Kier alpha value is -2.04. The van der Waals surface area contributed by atoms with Crippen LogP contribution in [0.4, 0.5) is 0 Å². The van der Waals surface area contributed by atoms with E-state index in [9.17, 15) is 9.90 Å². The molecule has 78 valence electrons. The van der Waals surface area contributed by atoms with E-state index in [1.807, 2.05) is 0 Å². The SMILES string of the molecule is O=C(O)CCn1cc2ccc(O)cc2n1. The van der Waals surface area contributed by atoms with E-state index in [0.29, 0.717) is 12.1 Å². The smallest absolute Gasteiger partial charge is 0.305 e. The number of aromatic hydroxyl groups is 1. The van der Waals surface area contributed by atoms with Gasteiger partial charge in [-0.15, -0.1) is 0 Å². The predicted octanol–water partition coefficient (Wildman–Crippen LogP) is 1.22.